The molecule has 0 saturated carbocycles. The molecule has 0 spiro atoms. The summed E-state index contributed by atoms with van der Waals surface area (Å²) < 4.78 is 38.3. The van der Waals surface area contributed by atoms with E-state index in [1.807, 2.05) is 0 Å². The number of carbonyl (C=O) groups is 1. The summed E-state index contributed by atoms with van der Waals surface area (Å²) in [5.74, 6) is -1.78. The van der Waals surface area contributed by atoms with Gasteiger partial charge in [-0.1, -0.05) is 17.4 Å². The molecule has 1 heterocycles. The van der Waals surface area contributed by atoms with Crippen molar-refractivity contribution >= 4 is 33.8 Å². The summed E-state index contributed by atoms with van der Waals surface area (Å²) in [6.45, 7) is 1.62. The van der Waals surface area contributed by atoms with Crippen molar-refractivity contribution in [1.82, 2.24) is 4.98 Å². The number of alkyl halides is 3. The average molecular weight is 347 g/mol. The number of hydrogen-bond acceptors (Lipinski definition) is 6. The van der Waals surface area contributed by atoms with E-state index in [0.717, 1.165) is 0 Å². The number of aromatic carboxylic acids is 1. The highest BCUT2D eigenvalue weighted by Gasteiger charge is 2.40. The molecule has 2 aromatic rings. The molecule has 1 aromatic heterocycles. The Morgan fingerprint density at radius 2 is 2.09 bits per heavy atom. The summed E-state index contributed by atoms with van der Waals surface area (Å²) in [4.78, 5) is 23.4. The van der Waals surface area contributed by atoms with Gasteiger partial charge in [0, 0.05) is 6.07 Å². The molecule has 0 aliphatic carbocycles. The third-order valence-corrected chi connectivity index (χ3v) is 3.64. The van der Waals surface area contributed by atoms with E-state index >= 15 is 0 Å². The Bertz CT molecular complexity index is 788. The average Bonchev–Trinajstić information content (AvgIpc) is 2.85. The van der Waals surface area contributed by atoms with Crippen LogP contribution < -0.4 is 5.32 Å². The second kappa shape index (κ2) is 5.83. The predicted molar refractivity (Wildman–Crippen MR) is 75.2 cm³/mol. The van der Waals surface area contributed by atoms with E-state index in [9.17, 15) is 28.1 Å². The van der Waals surface area contributed by atoms with Crippen LogP contribution in [0.25, 0.3) is 0 Å². The third-order valence-electron chi connectivity index (χ3n) is 2.68. The lowest BCUT2D eigenvalue weighted by atomic mass is 10.2. The van der Waals surface area contributed by atoms with Crippen molar-refractivity contribution in [2.45, 2.75) is 13.1 Å². The summed E-state index contributed by atoms with van der Waals surface area (Å²) in [6, 6.07) is 4.06. The van der Waals surface area contributed by atoms with E-state index < -0.39 is 32.8 Å². The number of carboxylic acids is 1. The number of rotatable bonds is 4. The van der Waals surface area contributed by atoms with Crippen molar-refractivity contribution in [3.05, 3.63) is 44.4 Å². The number of nitro benzene ring substituents is 1. The van der Waals surface area contributed by atoms with Crippen LogP contribution in [0.1, 0.15) is 20.9 Å². The largest absolute Gasteiger partial charge is 0.477 e. The van der Waals surface area contributed by atoms with Gasteiger partial charge in [0.05, 0.1) is 4.92 Å². The van der Waals surface area contributed by atoms with Crippen molar-refractivity contribution in [3.8, 4) is 0 Å². The Kier molecular flexibility index (Phi) is 4.23. The zero-order chi connectivity index (χ0) is 17.4. The summed E-state index contributed by atoms with van der Waals surface area (Å²) in [5, 5.41) is 21.8. The van der Waals surface area contributed by atoms with Crippen LogP contribution >= 0.6 is 11.3 Å². The molecule has 0 saturated heterocycles. The second-order valence-electron chi connectivity index (χ2n) is 4.40. The topological polar surface area (TPSA) is 105 Å². The van der Waals surface area contributed by atoms with Gasteiger partial charge in [0.15, 0.2) is 10.8 Å². The standard InChI is InChI=1S/C12H8F3N3O4S/c1-5-2-3-6(7(4-5)18(21)22)16-11-17-9(12(13,14)15)8(23-11)10(19)20/h2-4H,1H3,(H,16,17)(H,19,20). The number of nitrogens with one attached hydrogen (secondary N) is 1. The van der Waals surface area contributed by atoms with E-state index in [1.165, 1.54) is 18.2 Å². The molecule has 11 heteroatoms. The van der Waals surface area contributed by atoms with E-state index in [4.69, 9.17) is 5.11 Å². The first-order valence-electron chi connectivity index (χ1n) is 5.93. The van der Waals surface area contributed by atoms with Crippen LogP contribution in [0.15, 0.2) is 18.2 Å². The Labute approximate surface area is 130 Å². The van der Waals surface area contributed by atoms with Crippen LogP contribution in [-0.4, -0.2) is 21.0 Å². The SMILES string of the molecule is Cc1ccc(Nc2nc(C(F)(F)F)c(C(=O)O)s2)c([N+](=O)[O-])c1. The van der Waals surface area contributed by atoms with Crippen molar-refractivity contribution in [2.75, 3.05) is 5.32 Å². The molecule has 1 aromatic carbocycles. The molecule has 0 bridgehead atoms. The number of anilines is 2. The predicted octanol–water partition coefficient (Wildman–Crippen LogP) is 3.82. The number of carboxylic acid groups (broad SMARTS) is 1. The molecule has 0 aliphatic rings. The molecule has 0 aliphatic heterocycles. The van der Waals surface area contributed by atoms with E-state index in [0.29, 0.717) is 5.56 Å². The number of thiazole rings is 1. The van der Waals surface area contributed by atoms with Gasteiger partial charge in [-0.15, -0.1) is 0 Å². The highest BCUT2D eigenvalue weighted by molar-refractivity contribution is 7.17. The Morgan fingerprint density at radius 3 is 2.57 bits per heavy atom. The molecule has 0 radical (unpaired) electrons. The highest BCUT2D eigenvalue weighted by Crippen LogP contribution is 2.38. The van der Waals surface area contributed by atoms with Crippen molar-refractivity contribution in [2.24, 2.45) is 0 Å². The first-order valence-corrected chi connectivity index (χ1v) is 6.74. The lowest BCUT2D eigenvalue weighted by Gasteiger charge is -2.05. The van der Waals surface area contributed by atoms with Gasteiger partial charge >= 0.3 is 12.1 Å². The molecule has 0 fully saturated rings. The van der Waals surface area contributed by atoms with Gasteiger partial charge in [0.1, 0.15) is 10.6 Å². The number of nitro groups is 1. The van der Waals surface area contributed by atoms with Gasteiger partial charge in [-0.3, -0.25) is 10.1 Å². The Morgan fingerprint density at radius 1 is 1.43 bits per heavy atom. The van der Waals surface area contributed by atoms with Crippen molar-refractivity contribution < 1.29 is 28.0 Å². The fourth-order valence-corrected chi connectivity index (χ4v) is 2.56. The minimum absolute atomic E-state index is 0.0833. The zero-order valence-corrected chi connectivity index (χ0v) is 12.2. The van der Waals surface area contributed by atoms with Crippen LogP contribution in [-0.2, 0) is 6.18 Å². The van der Waals surface area contributed by atoms with Crippen LogP contribution in [0.2, 0.25) is 0 Å². The van der Waals surface area contributed by atoms with Crippen LogP contribution in [0, 0.1) is 17.0 Å². The molecular formula is C12H8F3N3O4S. The number of halogens is 3. The lowest BCUT2D eigenvalue weighted by molar-refractivity contribution is -0.384. The number of aromatic nitrogens is 1. The normalized spacial score (nSPS) is 11.3. The van der Waals surface area contributed by atoms with Crippen LogP contribution in [0.5, 0.6) is 0 Å². The van der Waals surface area contributed by atoms with Gasteiger partial charge in [-0.2, -0.15) is 13.2 Å². The van der Waals surface area contributed by atoms with E-state index in [1.54, 1.807) is 6.92 Å². The van der Waals surface area contributed by atoms with Crippen LogP contribution in [0.4, 0.5) is 29.7 Å². The first-order chi connectivity index (χ1) is 10.6. The van der Waals surface area contributed by atoms with Crippen LogP contribution in [0.3, 0.4) is 0 Å². The Hall–Kier alpha value is -2.69. The molecular weight excluding hydrogens is 339 g/mol. The van der Waals surface area contributed by atoms with Crippen molar-refractivity contribution in [3.63, 3.8) is 0 Å². The molecule has 7 nitrogen and oxygen atoms in total. The molecule has 2 rings (SSSR count). The van der Waals surface area contributed by atoms with Gasteiger partial charge in [-0.05, 0) is 18.6 Å². The molecule has 0 unspecified atom stereocenters. The molecule has 0 atom stereocenters. The molecule has 122 valence electrons. The number of nitrogens with zero attached hydrogens (tertiary/aromatic N) is 2. The summed E-state index contributed by atoms with van der Waals surface area (Å²) in [5.41, 5.74) is -1.40. The minimum Gasteiger partial charge on any atom is -0.477 e. The maximum Gasteiger partial charge on any atom is 0.435 e. The fraction of sp³-hybridized carbons (Fsp3) is 0.167. The molecule has 23 heavy (non-hydrogen) atoms. The number of benzene rings is 1. The molecule has 2 N–H and O–H groups in total. The maximum absolute atomic E-state index is 12.8. The van der Waals surface area contributed by atoms with Gasteiger partial charge in [0.2, 0.25) is 0 Å². The summed E-state index contributed by atoms with van der Waals surface area (Å²) in [6.07, 6.45) is -4.94. The second-order valence-corrected chi connectivity index (χ2v) is 5.40. The van der Waals surface area contributed by atoms with E-state index in [2.05, 4.69) is 10.3 Å². The summed E-state index contributed by atoms with van der Waals surface area (Å²) >= 11 is 0.250. The smallest absolute Gasteiger partial charge is 0.435 e. The van der Waals surface area contributed by atoms with Gasteiger partial charge < -0.3 is 10.4 Å². The Balaban J connectivity index is 2.46. The first kappa shape index (κ1) is 16.7. The van der Waals surface area contributed by atoms with Gasteiger partial charge in [0.25, 0.3) is 5.69 Å². The van der Waals surface area contributed by atoms with E-state index in [-0.39, 0.29) is 22.7 Å². The minimum atomic E-state index is -4.94. The number of hydrogen-bond donors (Lipinski definition) is 2. The summed E-state index contributed by atoms with van der Waals surface area (Å²) in [7, 11) is 0. The molecule has 0 amide bonds. The lowest BCUT2D eigenvalue weighted by Crippen LogP contribution is -2.11. The van der Waals surface area contributed by atoms with Crippen molar-refractivity contribution in [1.29, 1.82) is 0 Å². The zero-order valence-electron chi connectivity index (χ0n) is 11.3. The fourth-order valence-electron chi connectivity index (χ4n) is 1.72. The monoisotopic (exact) mass is 347 g/mol. The highest BCUT2D eigenvalue weighted by atomic mass is 32.1. The van der Waals surface area contributed by atoms with Gasteiger partial charge in [-0.25, -0.2) is 9.78 Å². The number of aryl methyl sites for hydroxylation is 1. The quantitative estimate of drug-likeness (QED) is 0.643. The third kappa shape index (κ3) is 3.56. The maximum atomic E-state index is 12.8.